The van der Waals surface area contributed by atoms with Gasteiger partial charge in [0.05, 0.1) is 11.0 Å². The molecule has 0 bridgehead atoms. The molecule has 1 aromatic rings. The van der Waals surface area contributed by atoms with Gasteiger partial charge in [0, 0.05) is 24.4 Å². The highest BCUT2D eigenvalue weighted by atomic mass is 32.2. The molecule has 7 nitrogen and oxygen atoms in total. The molecule has 0 aromatic carbocycles. The van der Waals surface area contributed by atoms with Crippen LogP contribution < -0.4 is 4.72 Å². The molecular weight excluding hydrogens is 318 g/mol. The minimum absolute atomic E-state index is 0.0378. The van der Waals surface area contributed by atoms with E-state index in [1.54, 1.807) is 13.8 Å². The van der Waals surface area contributed by atoms with E-state index in [1.165, 1.54) is 0 Å². The van der Waals surface area contributed by atoms with Gasteiger partial charge in [-0.1, -0.05) is 0 Å². The summed E-state index contributed by atoms with van der Waals surface area (Å²) in [6.07, 6.45) is -0.113. The summed E-state index contributed by atoms with van der Waals surface area (Å²) in [6.45, 7) is 3.43. The van der Waals surface area contributed by atoms with Crippen LogP contribution in [0.3, 0.4) is 0 Å². The minimum atomic E-state index is -3.87. The van der Waals surface area contributed by atoms with Gasteiger partial charge in [-0.3, -0.25) is 0 Å². The average molecular weight is 335 g/mol. The van der Waals surface area contributed by atoms with E-state index in [0.29, 0.717) is 17.9 Å². The summed E-state index contributed by atoms with van der Waals surface area (Å²) >= 11 is 0.901. The van der Waals surface area contributed by atoms with Gasteiger partial charge in [0.15, 0.2) is 0 Å². The number of hydrogen-bond donors (Lipinski definition) is 3. The summed E-state index contributed by atoms with van der Waals surface area (Å²) in [5.74, 6) is -1.17. The molecule has 0 saturated carbocycles. The average Bonchev–Trinajstić information content (AvgIpc) is 2.93. The third-order valence-corrected chi connectivity index (χ3v) is 6.30. The predicted octanol–water partition coefficient (Wildman–Crippen LogP) is 0.573. The molecule has 0 aliphatic carbocycles. The van der Waals surface area contributed by atoms with Crippen molar-refractivity contribution < 1.29 is 28.2 Å². The van der Waals surface area contributed by atoms with E-state index in [9.17, 15) is 18.3 Å². The molecule has 2 unspecified atom stereocenters. The Kier molecular flexibility index (Phi) is 4.41. The molecule has 21 heavy (non-hydrogen) atoms. The number of aromatic carboxylic acids is 1. The first-order valence-corrected chi connectivity index (χ1v) is 8.63. The Morgan fingerprint density at radius 1 is 1.62 bits per heavy atom. The number of carbonyl (C=O) groups is 1. The number of hydrogen-bond acceptors (Lipinski definition) is 6. The van der Waals surface area contributed by atoms with Gasteiger partial charge in [-0.15, -0.1) is 11.3 Å². The molecule has 0 spiro atoms. The highest BCUT2D eigenvalue weighted by molar-refractivity contribution is 7.89. The minimum Gasteiger partial charge on any atom is -0.477 e. The van der Waals surface area contributed by atoms with Crippen LogP contribution in [-0.2, 0) is 14.8 Å². The lowest BCUT2D eigenvalue weighted by atomic mass is 9.97. The molecule has 1 aromatic heterocycles. The summed E-state index contributed by atoms with van der Waals surface area (Å²) in [5, 5.41) is 19.2. The highest BCUT2D eigenvalue weighted by Crippen LogP contribution is 2.28. The number of carboxylic acid groups (broad SMARTS) is 1. The van der Waals surface area contributed by atoms with Crippen LogP contribution in [0.2, 0.25) is 0 Å². The molecule has 1 fully saturated rings. The molecule has 2 heterocycles. The highest BCUT2D eigenvalue weighted by Gasteiger charge is 2.40. The third kappa shape index (κ3) is 3.27. The van der Waals surface area contributed by atoms with Crippen LogP contribution in [0.5, 0.6) is 0 Å². The van der Waals surface area contributed by atoms with E-state index in [0.717, 1.165) is 17.4 Å². The SMILES string of the molecule is Cc1sc(C(=O)O)cc1S(=O)(=O)NCC1(O)CCOC1C. The molecule has 0 radical (unpaired) electrons. The molecule has 3 N–H and O–H groups in total. The summed E-state index contributed by atoms with van der Waals surface area (Å²) in [6, 6.07) is 1.13. The van der Waals surface area contributed by atoms with Crippen LogP contribution in [-0.4, -0.2) is 49.5 Å². The fourth-order valence-electron chi connectivity index (χ4n) is 2.14. The summed E-state index contributed by atoms with van der Waals surface area (Å²) in [5.41, 5.74) is -1.24. The zero-order valence-corrected chi connectivity index (χ0v) is 13.3. The molecule has 9 heteroatoms. The summed E-state index contributed by atoms with van der Waals surface area (Å²) in [7, 11) is -3.87. The Hall–Kier alpha value is -1.00. The fraction of sp³-hybridized carbons (Fsp3) is 0.583. The third-order valence-electron chi connectivity index (χ3n) is 3.60. The quantitative estimate of drug-likeness (QED) is 0.725. The van der Waals surface area contributed by atoms with Gasteiger partial charge >= 0.3 is 5.97 Å². The molecular formula is C12H17NO6S2. The monoisotopic (exact) mass is 335 g/mol. The van der Waals surface area contributed by atoms with E-state index in [1.807, 2.05) is 0 Å². The van der Waals surface area contributed by atoms with Crippen LogP contribution in [0.15, 0.2) is 11.0 Å². The number of thiophene rings is 1. The normalized spacial score (nSPS) is 26.1. The van der Waals surface area contributed by atoms with Crippen LogP contribution in [0.1, 0.15) is 27.9 Å². The molecule has 1 aliphatic rings. The van der Waals surface area contributed by atoms with Crippen molar-refractivity contribution in [3.8, 4) is 0 Å². The molecule has 118 valence electrons. The fourth-order valence-corrected chi connectivity index (χ4v) is 4.67. The number of nitrogens with one attached hydrogen (secondary N) is 1. The van der Waals surface area contributed by atoms with Crippen LogP contribution in [0.25, 0.3) is 0 Å². The van der Waals surface area contributed by atoms with Gasteiger partial charge in [0.1, 0.15) is 10.5 Å². The number of sulfonamides is 1. The second-order valence-electron chi connectivity index (χ2n) is 5.03. The maximum Gasteiger partial charge on any atom is 0.345 e. The smallest absolute Gasteiger partial charge is 0.345 e. The van der Waals surface area contributed by atoms with Crippen molar-refractivity contribution in [2.45, 2.75) is 36.9 Å². The molecule has 0 amide bonds. The summed E-state index contributed by atoms with van der Waals surface area (Å²) in [4.78, 5) is 11.2. The Labute approximate surface area is 126 Å². The maximum atomic E-state index is 12.2. The van der Waals surface area contributed by atoms with E-state index in [-0.39, 0.29) is 16.3 Å². The molecule has 1 aliphatic heterocycles. The largest absolute Gasteiger partial charge is 0.477 e. The summed E-state index contributed by atoms with van der Waals surface area (Å²) < 4.78 is 32.1. The first-order valence-electron chi connectivity index (χ1n) is 6.33. The number of aliphatic hydroxyl groups is 1. The van der Waals surface area contributed by atoms with Gasteiger partial charge in [0.2, 0.25) is 10.0 Å². The van der Waals surface area contributed by atoms with E-state index in [2.05, 4.69) is 4.72 Å². The van der Waals surface area contributed by atoms with E-state index < -0.39 is 27.7 Å². The lowest BCUT2D eigenvalue weighted by Crippen LogP contribution is -2.47. The first kappa shape index (κ1) is 16.4. The first-order chi connectivity index (χ1) is 9.66. The van der Waals surface area contributed by atoms with Crippen molar-refractivity contribution in [2.75, 3.05) is 13.2 Å². The standard InChI is InChI=1S/C12H17NO6S2/c1-7-10(5-9(20-7)11(14)15)21(17,18)13-6-12(16)3-4-19-8(12)2/h5,8,13,16H,3-4,6H2,1-2H3,(H,14,15). The van der Waals surface area contributed by atoms with Gasteiger partial charge in [0.25, 0.3) is 0 Å². The van der Waals surface area contributed by atoms with Crippen molar-refractivity contribution in [2.24, 2.45) is 0 Å². The van der Waals surface area contributed by atoms with Gasteiger partial charge < -0.3 is 14.9 Å². The van der Waals surface area contributed by atoms with E-state index in [4.69, 9.17) is 9.84 Å². The number of rotatable bonds is 5. The van der Waals surface area contributed by atoms with Crippen LogP contribution in [0, 0.1) is 6.92 Å². The van der Waals surface area contributed by atoms with Crippen molar-refractivity contribution in [3.63, 3.8) is 0 Å². The molecule has 2 atom stereocenters. The van der Waals surface area contributed by atoms with Crippen molar-refractivity contribution in [1.82, 2.24) is 4.72 Å². The van der Waals surface area contributed by atoms with Gasteiger partial charge in [-0.2, -0.15) is 0 Å². The van der Waals surface area contributed by atoms with Crippen LogP contribution in [0.4, 0.5) is 0 Å². The van der Waals surface area contributed by atoms with Crippen molar-refractivity contribution >= 4 is 27.3 Å². The van der Waals surface area contributed by atoms with Crippen molar-refractivity contribution in [1.29, 1.82) is 0 Å². The predicted molar refractivity (Wildman–Crippen MR) is 76.2 cm³/mol. The Balaban J connectivity index is 2.17. The van der Waals surface area contributed by atoms with Gasteiger partial charge in [-0.25, -0.2) is 17.9 Å². The number of aryl methyl sites for hydroxylation is 1. The van der Waals surface area contributed by atoms with Gasteiger partial charge in [-0.05, 0) is 19.9 Å². The molecule has 2 rings (SSSR count). The zero-order valence-electron chi connectivity index (χ0n) is 11.6. The lowest BCUT2D eigenvalue weighted by Gasteiger charge is -2.26. The number of ether oxygens (including phenoxy) is 1. The zero-order chi connectivity index (χ0) is 15.8. The van der Waals surface area contributed by atoms with E-state index >= 15 is 0 Å². The van der Waals surface area contributed by atoms with Crippen LogP contribution >= 0.6 is 11.3 Å². The maximum absolute atomic E-state index is 12.2. The second kappa shape index (κ2) is 5.65. The second-order valence-corrected chi connectivity index (χ2v) is 8.02. The topological polar surface area (TPSA) is 113 Å². The Morgan fingerprint density at radius 2 is 2.29 bits per heavy atom. The van der Waals surface area contributed by atoms with Crippen molar-refractivity contribution in [3.05, 3.63) is 15.8 Å². The molecule has 1 saturated heterocycles. The Bertz CT molecular complexity index is 653. The Morgan fingerprint density at radius 3 is 2.76 bits per heavy atom. The lowest BCUT2D eigenvalue weighted by molar-refractivity contribution is -0.0228. The number of carboxylic acids is 1.